The van der Waals surface area contributed by atoms with E-state index in [1.54, 1.807) is 6.20 Å². The highest BCUT2D eigenvalue weighted by atomic mass is 35.5. The van der Waals surface area contributed by atoms with Gasteiger partial charge in [0.1, 0.15) is 11.5 Å². The van der Waals surface area contributed by atoms with Crippen molar-refractivity contribution in [3.05, 3.63) is 107 Å². The zero-order chi connectivity index (χ0) is 28.3. The summed E-state index contributed by atoms with van der Waals surface area (Å²) in [6.07, 6.45) is 4.45. The summed E-state index contributed by atoms with van der Waals surface area (Å²) in [5.74, 6) is 1.40. The lowest BCUT2D eigenvalue weighted by molar-refractivity contribution is 0.402. The van der Waals surface area contributed by atoms with Crippen molar-refractivity contribution in [2.75, 3.05) is 19.4 Å². The molecule has 41 heavy (non-hydrogen) atoms. The van der Waals surface area contributed by atoms with Crippen LogP contribution < -0.4 is 5.32 Å². The lowest BCUT2D eigenvalue weighted by Gasteiger charge is -2.11. The number of aromatic amines is 1. The maximum atomic E-state index is 6.38. The minimum atomic E-state index is 0.534. The summed E-state index contributed by atoms with van der Waals surface area (Å²) in [5, 5.41) is 9.00. The minimum Gasteiger partial charge on any atom is -0.342 e. The molecular formula is C32H31ClN8. The van der Waals surface area contributed by atoms with Crippen LogP contribution in [0.4, 0.5) is 11.6 Å². The van der Waals surface area contributed by atoms with Gasteiger partial charge < -0.3 is 15.2 Å². The number of nitrogens with zero attached hydrogens (tertiary/aromatic N) is 6. The Morgan fingerprint density at radius 1 is 0.976 bits per heavy atom. The summed E-state index contributed by atoms with van der Waals surface area (Å²) in [4.78, 5) is 19.8. The van der Waals surface area contributed by atoms with Gasteiger partial charge >= 0.3 is 0 Å². The molecule has 206 valence electrons. The van der Waals surface area contributed by atoms with Gasteiger partial charge in [-0.1, -0.05) is 48.0 Å². The molecule has 0 atom stereocenters. The third kappa shape index (κ3) is 5.99. The fraction of sp³-hybridized carbons (Fsp3) is 0.188. The zero-order valence-corrected chi connectivity index (χ0v) is 24.0. The van der Waals surface area contributed by atoms with Crippen molar-refractivity contribution in [1.29, 1.82) is 0 Å². The number of aryl methyl sites for hydroxylation is 1. The van der Waals surface area contributed by atoms with E-state index in [2.05, 4.69) is 71.5 Å². The van der Waals surface area contributed by atoms with Crippen LogP contribution in [-0.4, -0.2) is 48.7 Å². The second kappa shape index (κ2) is 11.5. The first-order valence-electron chi connectivity index (χ1n) is 13.6. The molecule has 0 fully saturated rings. The second-order valence-electron chi connectivity index (χ2n) is 10.3. The van der Waals surface area contributed by atoms with Crippen molar-refractivity contribution in [2.45, 2.75) is 26.4 Å². The number of aromatic nitrogens is 6. The number of hydrogen-bond donors (Lipinski definition) is 2. The Labute approximate surface area is 244 Å². The van der Waals surface area contributed by atoms with E-state index in [0.29, 0.717) is 12.4 Å². The van der Waals surface area contributed by atoms with E-state index in [1.165, 1.54) is 5.56 Å². The molecule has 2 N–H and O–H groups in total. The maximum Gasteiger partial charge on any atom is 0.227 e. The Balaban J connectivity index is 1.31. The van der Waals surface area contributed by atoms with Crippen molar-refractivity contribution in [3.8, 4) is 22.5 Å². The Kier molecular flexibility index (Phi) is 7.50. The highest BCUT2D eigenvalue weighted by Crippen LogP contribution is 2.32. The molecular weight excluding hydrogens is 532 g/mol. The molecule has 0 aliphatic heterocycles. The molecule has 0 saturated heterocycles. The SMILES string of the molecule is CCn1cc(-c2ccnc(Nc3cccc(CN(C)C)c3)n2)c(-c2ccc3[nH]c(Cc4ccccc4Cl)nc3c2)n1. The second-order valence-corrected chi connectivity index (χ2v) is 10.7. The van der Waals surface area contributed by atoms with Gasteiger partial charge in [0, 0.05) is 53.7 Å². The van der Waals surface area contributed by atoms with Crippen molar-refractivity contribution in [2.24, 2.45) is 0 Å². The molecule has 3 aromatic heterocycles. The Morgan fingerprint density at radius 2 is 1.85 bits per heavy atom. The first kappa shape index (κ1) is 26.7. The van der Waals surface area contributed by atoms with Crippen LogP contribution in [0.5, 0.6) is 0 Å². The molecule has 0 amide bonds. The van der Waals surface area contributed by atoms with Gasteiger partial charge in [0.2, 0.25) is 5.95 Å². The van der Waals surface area contributed by atoms with Crippen molar-refractivity contribution < 1.29 is 0 Å². The molecule has 3 heterocycles. The van der Waals surface area contributed by atoms with E-state index in [9.17, 15) is 0 Å². The molecule has 0 bridgehead atoms. The highest BCUT2D eigenvalue weighted by molar-refractivity contribution is 6.31. The zero-order valence-electron chi connectivity index (χ0n) is 23.3. The van der Waals surface area contributed by atoms with Crippen LogP contribution in [0.25, 0.3) is 33.5 Å². The van der Waals surface area contributed by atoms with Crippen molar-refractivity contribution in [3.63, 3.8) is 0 Å². The fourth-order valence-corrected chi connectivity index (χ4v) is 5.11. The molecule has 6 rings (SSSR count). The predicted octanol–water partition coefficient (Wildman–Crippen LogP) is 6.95. The maximum absolute atomic E-state index is 6.38. The number of H-pyrrole nitrogens is 1. The molecule has 3 aromatic carbocycles. The molecule has 0 aliphatic rings. The molecule has 0 unspecified atom stereocenters. The van der Waals surface area contributed by atoms with Crippen molar-refractivity contribution >= 4 is 34.3 Å². The number of benzene rings is 3. The van der Waals surface area contributed by atoms with Crippen LogP contribution in [0.3, 0.4) is 0 Å². The molecule has 6 aromatic rings. The molecule has 0 saturated carbocycles. The standard InChI is InChI=1S/C32H31ClN8/c1-4-41-20-25(27-14-15-34-32(38-27)35-24-10-7-8-21(16-24)19-40(2)3)31(39-41)23-12-13-28-29(17-23)37-30(36-28)18-22-9-5-6-11-26(22)33/h5-17,20H,4,18-19H2,1-3H3,(H,36,37)(H,34,35,38). The van der Waals surface area contributed by atoms with E-state index < -0.39 is 0 Å². The van der Waals surface area contributed by atoms with Gasteiger partial charge in [-0.2, -0.15) is 5.10 Å². The Hall–Kier alpha value is -4.53. The van der Waals surface area contributed by atoms with E-state index in [4.69, 9.17) is 26.7 Å². The summed E-state index contributed by atoms with van der Waals surface area (Å²) in [6, 6.07) is 24.3. The van der Waals surface area contributed by atoms with Gasteiger partial charge in [-0.25, -0.2) is 15.0 Å². The number of anilines is 2. The first-order valence-corrected chi connectivity index (χ1v) is 14.0. The lowest BCUT2D eigenvalue weighted by Crippen LogP contribution is -2.10. The number of hydrogen-bond acceptors (Lipinski definition) is 6. The number of rotatable bonds is 9. The lowest BCUT2D eigenvalue weighted by atomic mass is 10.1. The Bertz CT molecular complexity index is 1820. The van der Waals surface area contributed by atoms with Gasteiger partial charge in [0.05, 0.1) is 16.7 Å². The van der Waals surface area contributed by atoms with Gasteiger partial charge in [-0.05, 0) is 68.5 Å². The Morgan fingerprint density at radius 3 is 2.68 bits per heavy atom. The predicted molar refractivity (Wildman–Crippen MR) is 165 cm³/mol. The summed E-state index contributed by atoms with van der Waals surface area (Å²) < 4.78 is 1.93. The van der Waals surface area contributed by atoms with E-state index in [-0.39, 0.29) is 0 Å². The molecule has 9 heteroatoms. The van der Waals surface area contributed by atoms with E-state index in [0.717, 1.165) is 68.7 Å². The highest BCUT2D eigenvalue weighted by Gasteiger charge is 2.17. The van der Waals surface area contributed by atoms with Gasteiger partial charge in [-0.15, -0.1) is 0 Å². The van der Waals surface area contributed by atoms with Crippen LogP contribution in [0.15, 0.2) is 85.2 Å². The van der Waals surface area contributed by atoms with Gasteiger partial charge in [-0.3, -0.25) is 4.68 Å². The molecule has 0 spiro atoms. The summed E-state index contributed by atoms with van der Waals surface area (Å²) in [7, 11) is 4.12. The summed E-state index contributed by atoms with van der Waals surface area (Å²) in [6.45, 7) is 3.68. The fourth-order valence-electron chi connectivity index (χ4n) is 4.91. The number of halogens is 1. The largest absolute Gasteiger partial charge is 0.342 e. The molecule has 0 aliphatic carbocycles. The van der Waals surface area contributed by atoms with Crippen LogP contribution >= 0.6 is 11.6 Å². The first-order chi connectivity index (χ1) is 19.9. The smallest absolute Gasteiger partial charge is 0.227 e. The quantitative estimate of drug-likeness (QED) is 0.198. The number of fused-ring (bicyclic) bond motifs is 1. The van der Waals surface area contributed by atoms with Crippen LogP contribution in [0.2, 0.25) is 5.02 Å². The van der Waals surface area contributed by atoms with Gasteiger partial charge in [0.15, 0.2) is 0 Å². The van der Waals surface area contributed by atoms with E-state index in [1.807, 2.05) is 53.3 Å². The minimum absolute atomic E-state index is 0.534. The average molecular weight is 563 g/mol. The summed E-state index contributed by atoms with van der Waals surface area (Å²) >= 11 is 6.38. The third-order valence-electron chi connectivity index (χ3n) is 6.82. The van der Waals surface area contributed by atoms with Crippen LogP contribution in [-0.2, 0) is 19.5 Å². The van der Waals surface area contributed by atoms with Gasteiger partial charge in [0.25, 0.3) is 0 Å². The number of nitrogens with one attached hydrogen (secondary N) is 2. The average Bonchev–Trinajstić information content (AvgIpc) is 3.58. The topological polar surface area (TPSA) is 87.5 Å². The molecule has 0 radical (unpaired) electrons. The third-order valence-corrected chi connectivity index (χ3v) is 7.19. The normalized spacial score (nSPS) is 11.4. The monoisotopic (exact) mass is 562 g/mol. The van der Waals surface area contributed by atoms with Crippen LogP contribution in [0, 0.1) is 0 Å². The number of imidazole rings is 1. The van der Waals surface area contributed by atoms with Crippen LogP contribution in [0.1, 0.15) is 23.9 Å². The summed E-state index contributed by atoms with van der Waals surface area (Å²) in [5.41, 5.74) is 8.60. The van der Waals surface area contributed by atoms with E-state index >= 15 is 0 Å². The molecule has 8 nitrogen and oxygen atoms in total. The van der Waals surface area contributed by atoms with Crippen molar-refractivity contribution in [1.82, 2.24) is 34.6 Å².